The monoisotopic (exact) mass is 450 g/mol. The van der Waals surface area contributed by atoms with Crippen LogP contribution in [0.15, 0.2) is 60.9 Å². The van der Waals surface area contributed by atoms with Crippen LogP contribution in [0.1, 0.15) is 39.0 Å². The van der Waals surface area contributed by atoms with Gasteiger partial charge in [0, 0.05) is 13.1 Å². The minimum atomic E-state index is -1.29. The maximum atomic E-state index is 13.6. The molecule has 0 fully saturated rings. The van der Waals surface area contributed by atoms with Gasteiger partial charge >= 0.3 is 5.97 Å². The number of amides is 2. The zero-order chi connectivity index (χ0) is 23.6. The van der Waals surface area contributed by atoms with Gasteiger partial charge in [-0.05, 0) is 30.2 Å². The molecule has 170 valence electrons. The standard InChI is InChI=1S/C24H23FN4O4/c1-24(23(32)26-12-16-6-4-3-5-7-16)14-28-15-27-19(22(31)33-2)20(28)21(30)29(24)13-17-8-10-18(25)11-9-17/h3-11,15H,12-14H2,1-2H3,(H,26,32)/t24-/m1/s1. The van der Waals surface area contributed by atoms with E-state index in [2.05, 4.69) is 10.3 Å². The second-order valence-electron chi connectivity index (χ2n) is 8.02. The Morgan fingerprint density at radius 2 is 1.82 bits per heavy atom. The first kappa shape index (κ1) is 22.2. The van der Waals surface area contributed by atoms with Gasteiger partial charge in [-0.15, -0.1) is 0 Å². The van der Waals surface area contributed by atoms with Gasteiger partial charge in [0.25, 0.3) is 5.91 Å². The van der Waals surface area contributed by atoms with Crippen molar-refractivity contribution >= 4 is 17.8 Å². The number of ether oxygens (including phenoxy) is 1. The maximum absolute atomic E-state index is 13.6. The highest BCUT2D eigenvalue weighted by molar-refractivity contribution is 6.06. The van der Waals surface area contributed by atoms with E-state index in [0.717, 1.165) is 5.56 Å². The van der Waals surface area contributed by atoms with Gasteiger partial charge in [0.2, 0.25) is 5.91 Å². The van der Waals surface area contributed by atoms with Gasteiger partial charge in [-0.3, -0.25) is 9.59 Å². The number of imidazole rings is 1. The lowest BCUT2D eigenvalue weighted by Gasteiger charge is -2.43. The average Bonchev–Trinajstić information content (AvgIpc) is 3.25. The van der Waals surface area contributed by atoms with Crippen molar-refractivity contribution in [3.8, 4) is 0 Å². The number of benzene rings is 2. The van der Waals surface area contributed by atoms with Crippen LogP contribution < -0.4 is 5.32 Å². The van der Waals surface area contributed by atoms with Crippen molar-refractivity contribution in [3.63, 3.8) is 0 Å². The predicted octanol–water partition coefficient (Wildman–Crippen LogP) is 2.54. The molecular weight excluding hydrogens is 427 g/mol. The molecule has 3 aromatic rings. The van der Waals surface area contributed by atoms with E-state index in [-0.39, 0.29) is 36.9 Å². The largest absolute Gasteiger partial charge is 0.464 e. The van der Waals surface area contributed by atoms with E-state index >= 15 is 0 Å². The fraction of sp³-hybridized carbons (Fsp3) is 0.250. The molecule has 0 aliphatic carbocycles. The molecule has 1 atom stereocenters. The Hall–Kier alpha value is -4.01. The molecule has 1 aliphatic heterocycles. The van der Waals surface area contributed by atoms with E-state index in [1.54, 1.807) is 19.1 Å². The number of esters is 1. The van der Waals surface area contributed by atoms with Crippen LogP contribution in [0.3, 0.4) is 0 Å². The van der Waals surface area contributed by atoms with Crippen LogP contribution in [0, 0.1) is 5.82 Å². The first-order valence-corrected chi connectivity index (χ1v) is 10.4. The molecule has 1 N–H and O–H groups in total. The smallest absolute Gasteiger partial charge is 0.359 e. The summed E-state index contributed by atoms with van der Waals surface area (Å²) >= 11 is 0. The number of carbonyl (C=O) groups excluding carboxylic acids is 3. The third kappa shape index (κ3) is 4.21. The van der Waals surface area contributed by atoms with Gasteiger partial charge in [0.05, 0.1) is 20.0 Å². The quantitative estimate of drug-likeness (QED) is 0.583. The molecule has 9 heteroatoms. The molecule has 2 heterocycles. The number of methoxy groups -OCH3 is 1. The SMILES string of the molecule is COC(=O)c1ncn2c1C(=O)N(Cc1ccc(F)cc1)[C@@](C)(C(=O)NCc1ccccc1)C2. The molecule has 0 radical (unpaired) electrons. The van der Waals surface area contributed by atoms with Crippen molar-refractivity contribution < 1.29 is 23.5 Å². The third-order valence-corrected chi connectivity index (χ3v) is 5.78. The molecule has 2 aromatic carbocycles. The second-order valence-corrected chi connectivity index (χ2v) is 8.02. The predicted molar refractivity (Wildman–Crippen MR) is 117 cm³/mol. The highest BCUT2D eigenvalue weighted by atomic mass is 19.1. The summed E-state index contributed by atoms with van der Waals surface area (Å²) in [6, 6.07) is 15.1. The number of hydrogen-bond acceptors (Lipinski definition) is 5. The first-order chi connectivity index (χ1) is 15.8. The highest BCUT2D eigenvalue weighted by Crippen LogP contribution is 2.31. The molecule has 1 aliphatic rings. The number of nitrogens with zero attached hydrogens (tertiary/aromatic N) is 3. The Morgan fingerprint density at radius 1 is 1.12 bits per heavy atom. The molecular formula is C24H23FN4O4. The number of carbonyl (C=O) groups is 3. The van der Waals surface area contributed by atoms with Gasteiger partial charge in [-0.2, -0.15) is 0 Å². The lowest BCUT2D eigenvalue weighted by molar-refractivity contribution is -0.133. The van der Waals surface area contributed by atoms with Gasteiger partial charge in [-0.25, -0.2) is 14.2 Å². The zero-order valence-electron chi connectivity index (χ0n) is 18.2. The maximum Gasteiger partial charge on any atom is 0.359 e. The molecule has 33 heavy (non-hydrogen) atoms. The van der Waals surface area contributed by atoms with Gasteiger partial charge < -0.3 is 19.5 Å². The minimum absolute atomic E-state index is 0.0418. The molecule has 2 amide bonds. The molecule has 4 rings (SSSR count). The van der Waals surface area contributed by atoms with E-state index in [0.29, 0.717) is 5.56 Å². The summed E-state index contributed by atoms with van der Waals surface area (Å²) in [6.45, 7) is 2.08. The van der Waals surface area contributed by atoms with Crippen molar-refractivity contribution in [2.24, 2.45) is 0 Å². The van der Waals surface area contributed by atoms with Crippen LogP contribution in [0.5, 0.6) is 0 Å². The molecule has 1 aromatic heterocycles. The fourth-order valence-electron chi connectivity index (χ4n) is 3.92. The number of nitrogens with one attached hydrogen (secondary N) is 1. The molecule has 0 spiro atoms. The number of rotatable bonds is 6. The number of fused-ring (bicyclic) bond motifs is 1. The Balaban J connectivity index is 1.69. The van der Waals surface area contributed by atoms with Crippen molar-refractivity contribution in [2.75, 3.05) is 7.11 Å². The van der Waals surface area contributed by atoms with E-state index in [1.165, 1.54) is 35.0 Å². The Kier molecular flexibility index (Phi) is 5.95. The fourth-order valence-corrected chi connectivity index (χ4v) is 3.92. The summed E-state index contributed by atoms with van der Waals surface area (Å²) < 4.78 is 19.7. The average molecular weight is 450 g/mol. The molecule has 8 nitrogen and oxygen atoms in total. The number of hydrogen-bond donors (Lipinski definition) is 1. The Bertz CT molecular complexity index is 1190. The van der Waals surface area contributed by atoms with Gasteiger partial charge in [0.1, 0.15) is 17.1 Å². The molecule has 0 bridgehead atoms. The summed E-state index contributed by atoms with van der Waals surface area (Å²) in [4.78, 5) is 44.6. The minimum Gasteiger partial charge on any atom is -0.464 e. The van der Waals surface area contributed by atoms with E-state index < -0.39 is 23.2 Å². The van der Waals surface area contributed by atoms with Crippen LogP contribution in [-0.4, -0.2) is 44.9 Å². The third-order valence-electron chi connectivity index (χ3n) is 5.78. The zero-order valence-corrected chi connectivity index (χ0v) is 18.2. The summed E-state index contributed by atoms with van der Waals surface area (Å²) in [6.07, 6.45) is 1.36. The summed E-state index contributed by atoms with van der Waals surface area (Å²) in [7, 11) is 1.21. The Labute approximate surface area is 190 Å². The molecule has 0 unspecified atom stereocenters. The lowest BCUT2D eigenvalue weighted by Crippen LogP contribution is -2.63. The van der Waals surface area contributed by atoms with E-state index in [1.807, 2.05) is 30.3 Å². The normalized spacial score (nSPS) is 17.4. The molecule has 0 saturated carbocycles. The topological polar surface area (TPSA) is 93.5 Å². The van der Waals surface area contributed by atoms with Crippen molar-refractivity contribution in [3.05, 3.63) is 89.3 Å². The van der Waals surface area contributed by atoms with Gasteiger partial charge in [-0.1, -0.05) is 42.5 Å². The van der Waals surface area contributed by atoms with Crippen molar-refractivity contribution in [1.29, 1.82) is 0 Å². The first-order valence-electron chi connectivity index (χ1n) is 10.4. The highest BCUT2D eigenvalue weighted by Gasteiger charge is 2.48. The summed E-state index contributed by atoms with van der Waals surface area (Å²) in [5.74, 6) is -2.05. The van der Waals surface area contributed by atoms with Crippen LogP contribution in [-0.2, 0) is 29.2 Å². The van der Waals surface area contributed by atoms with E-state index in [4.69, 9.17) is 4.74 Å². The number of halogens is 1. The van der Waals surface area contributed by atoms with Crippen molar-refractivity contribution in [2.45, 2.75) is 32.1 Å². The number of aromatic nitrogens is 2. The van der Waals surface area contributed by atoms with Gasteiger partial charge in [0.15, 0.2) is 5.69 Å². The van der Waals surface area contributed by atoms with Crippen LogP contribution in [0.2, 0.25) is 0 Å². The van der Waals surface area contributed by atoms with Crippen LogP contribution in [0.4, 0.5) is 4.39 Å². The van der Waals surface area contributed by atoms with Crippen LogP contribution >= 0.6 is 0 Å². The van der Waals surface area contributed by atoms with E-state index in [9.17, 15) is 18.8 Å². The summed E-state index contributed by atoms with van der Waals surface area (Å²) in [5.41, 5.74) is 0.203. The molecule has 0 saturated heterocycles. The van der Waals surface area contributed by atoms with Crippen LogP contribution in [0.25, 0.3) is 0 Å². The Morgan fingerprint density at radius 3 is 2.48 bits per heavy atom. The lowest BCUT2D eigenvalue weighted by atomic mass is 9.93. The summed E-state index contributed by atoms with van der Waals surface area (Å²) in [5, 5.41) is 2.91. The second kappa shape index (κ2) is 8.85. The van der Waals surface area contributed by atoms with Crippen molar-refractivity contribution in [1.82, 2.24) is 19.8 Å².